The number of carbonyl (C=O) groups excluding carboxylic acids is 1. The number of anilines is 1. The van der Waals surface area contributed by atoms with Gasteiger partial charge in [0.1, 0.15) is 5.75 Å². The van der Waals surface area contributed by atoms with Crippen molar-refractivity contribution in [3.63, 3.8) is 0 Å². The first-order valence-corrected chi connectivity index (χ1v) is 7.39. The second-order valence-corrected chi connectivity index (χ2v) is 5.20. The molecular formula is C17H18N2O3. The Kier molecular flexibility index (Phi) is 4.65. The minimum absolute atomic E-state index is 0.0171. The largest absolute Gasteiger partial charge is 0.439 e. The van der Waals surface area contributed by atoms with Crippen LogP contribution >= 0.6 is 0 Å². The molecule has 1 aromatic carbocycles. The summed E-state index contributed by atoms with van der Waals surface area (Å²) in [5, 5.41) is 2.90. The van der Waals surface area contributed by atoms with Crippen molar-refractivity contribution in [1.29, 1.82) is 0 Å². The number of hydrogen-bond acceptors (Lipinski definition) is 4. The Morgan fingerprint density at radius 1 is 1.27 bits per heavy atom. The number of nitrogens with zero attached hydrogens (tertiary/aromatic N) is 1. The lowest BCUT2D eigenvalue weighted by atomic mass is 10.0. The third-order valence-electron chi connectivity index (χ3n) is 3.50. The molecule has 2 aromatic rings. The lowest BCUT2D eigenvalue weighted by Gasteiger charge is -2.21. The molecule has 22 heavy (non-hydrogen) atoms. The van der Waals surface area contributed by atoms with Gasteiger partial charge in [-0.1, -0.05) is 18.2 Å². The molecule has 0 unspecified atom stereocenters. The van der Waals surface area contributed by atoms with Gasteiger partial charge in [0, 0.05) is 24.6 Å². The van der Waals surface area contributed by atoms with Crippen LogP contribution in [0, 0.1) is 5.92 Å². The van der Waals surface area contributed by atoms with E-state index in [1.165, 1.54) is 0 Å². The summed E-state index contributed by atoms with van der Waals surface area (Å²) in [6, 6.07) is 12.9. The van der Waals surface area contributed by atoms with Crippen LogP contribution in [-0.2, 0) is 9.53 Å². The zero-order valence-corrected chi connectivity index (χ0v) is 12.2. The third kappa shape index (κ3) is 3.83. The highest BCUT2D eigenvalue weighted by Crippen LogP contribution is 2.22. The number of carbonyl (C=O) groups is 1. The van der Waals surface area contributed by atoms with Gasteiger partial charge < -0.3 is 14.8 Å². The Morgan fingerprint density at radius 3 is 2.91 bits per heavy atom. The van der Waals surface area contributed by atoms with Crippen molar-refractivity contribution < 1.29 is 14.3 Å². The Bertz CT molecular complexity index is 625. The van der Waals surface area contributed by atoms with E-state index in [4.69, 9.17) is 9.47 Å². The van der Waals surface area contributed by atoms with Gasteiger partial charge in [-0.15, -0.1) is 0 Å². The lowest BCUT2D eigenvalue weighted by Crippen LogP contribution is -2.30. The number of benzene rings is 1. The van der Waals surface area contributed by atoms with Crippen molar-refractivity contribution in [3.05, 3.63) is 48.7 Å². The molecule has 1 aliphatic rings. The molecule has 0 bridgehead atoms. The molecule has 1 N–H and O–H groups in total. The Labute approximate surface area is 129 Å². The molecular weight excluding hydrogens is 280 g/mol. The van der Waals surface area contributed by atoms with E-state index in [0.29, 0.717) is 23.9 Å². The summed E-state index contributed by atoms with van der Waals surface area (Å²) in [7, 11) is 0. The molecule has 1 amide bonds. The molecule has 5 nitrogen and oxygen atoms in total. The van der Waals surface area contributed by atoms with E-state index in [9.17, 15) is 4.79 Å². The standard InChI is InChI=1S/C17H18N2O3/c20-17(13-5-4-10-21-12-13)19-14-8-9-18-16(11-14)22-15-6-2-1-3-7-15/h1-3,6-9,11,13H,4-5,10,12H2,(H,18,19,20)/t13-/m0/s1. The highest BCUT2D eigenvalue weighted by Gasteiger charge is 2.21. The average Bonchev–Trinajstić information content (AvgIpc) is 2.57. The molecule has 1 atom stereocenters. The number of rotatable bonds is 4. The quantitative estimate of drug-likeness (QED) is 0.941. The van der Waals surface area contributed by atoms with Gasteiger partial charge in [-0.2, -0.15) is 0 Å². The third-order valence-corrected chi connectivity index (χ3v) is 3.50. The lowest BCUT2D eigenvalue weighted by molar-refractivity contribution is -0.123. The van der Waals surface area contributed by atoms with Gasteiger partial charge >= 0.3 is 0 Å². The predicted molar refractivity (Wildman–Crippen MR) is 82.9 cm³/mol. The molecule has 0 saturated carbocycles. The van der Waals surface area contributed by atoms with Crippen molar-refractivity contribution in [2.75, 3.05) is 18.5 Å². The van der Waals surface area contributed by atoms with Crippen LogP contribution in [0.5, 0.6) is 11.6 Å². The van der Waals surface area contributed by atoms with Gasteiger partial charge in [-0.05, 0) is 31.0 Å². The van der Waals surface area contributed by atoms with E-state index in [1.54, 1.807) is 18.3 Å². The summed E-state index contributed by atoms with van der Waals surface area (Å²) >= 11 is 0. The number of ether oxygens (including phenoxy) is 2. The highest BCUT2D eigenvalue weighted by atomic mass is 16.5. The molecule has 1 saturated heterocycles. The van der Waals surface area contributed by atoms with Crippen LogP contribution in [0.1, 0.15) is 12.8 Å². The summed E-state index contributed by atoms with van der Waals surface area (Å²) in [6.07, 6.45) is 3.41. The van der Waals surface area contributed by atoms with Crippen molar-refractivity contribution in [2.24, 2.45) is 5.92 Å². The van der Waals surface area contributed by atoms with Gasteiger partial charge in [0.2, 0.25) is 11.8 Å². The normalized spacial score (nSPS) is 17.7. The van der Waals surface area contributed by atoms with Crippen LogP contribution in [0.3, 0.4) is 0 Å². The topological polar surface area (TPSA) is 60.5 Å². The minimum atomic E-state index is -0.0830. The number of nitrogens with one attached hydrogen (secondary N) is 1. The van der Waals surface area contributed by atoms with Crippen LogP contribution < -0.4 is 10.1 Å². The SMILES string of the molecule is O=C(Nc1ccnc(Oc2ccccc2)c1)[C@H]1CCCOC1. The van der Waals surface area contributed by atoms with Crippen LogP contribution in [0.25, 0.3) is 0 Å². The molecule has 1 aliphatic heterocycles. The van der Waals surface area contributed by atoms with Gasteiger partial charge in [-0.3, -0.25) is 4.79 Å². The van der Waals surface area contributed by atoms with Gasteiger partial charge in [0.05, 0.1) is 12.5 Å². The van der Waals surface area contributed by atoms with E-state index >= 15 is 0 Å². The van der Waals surface area contributed by atoms with E-state index in [-0.39, 0.29) is 11.8 Å². The van der Waals surface area contributed by atoms with Crippen LogP contribution in [0.4, 0.5) is 5.69 Å². The molecule has 0 radical (unpaired) electrons. The first-order valence-electron chi connectivity index (χ1n) is 7.39. The fraction of sp³-hybridized carbons (Fsp3) is 0.294. The maximum absolute atomic E-state index is 12.2. The maximum atomic E-state index is 12.2. The Balaban J connectivity index is 1.64. The fourth-order valence-corrected chi connectivity index (χ4v) is 2.34. The second-order valence-electron chi connectivity index (χ2n) is 5.20. The summed E-state index contributed by atoms with van der Waals surface area (Å²) in [5.41, 5.74) is 0.677. The molecule has 0 spiro atoms. The van der Waals surface area contributed by atoms with Crippen LogP contribution in [0.2, 0.25) is 0 Å². The summed E-state index contributed by atoms with van der Waals surface area (Å²) in [6.45, 7) is 1.23. The van der Waals surface area contributed by atoms with E-state index in [2.05, 4.69) is 10.3 Å². The maximum Gasteiger partial charge on any atom is 0.229 e. The van der Waals surface area contributed by atoms with Crippen molar-refractivity contribution in [2.45, 2.75) is 12.8 Å². The number of amides is 1. The number of pyridine rings is 1. The highest BCUT2D eigenvalue weighted by molar-refractivity contribution is 5.92. The second kappa shape index (κ2) is 7.04. The molecule has 114 valence electrons. The first-order chi connectivity index (χ1) is 10.8. The van der Waals surface area contributed by atoms with E-state index in [1.807, 2.05) is 30.3 Å². The number of hydrogen-bond donors (Lipinski definition) is 1. The van der Waals surface area contributed by atoms with Crippen molar-refractivity contribution in [3.8, 4) is 11.6 Å². The zero-order chi connectivity index (χ0) is 15.2. The first kappa shape index (κ1) is 14.5. The van der Waals surface area contributed by atoms with Gasteiger partial charge in [0.15, 0.2) is 0 Å². The molecule has 2 heterocycles. The molecule has 1 fully saturated rings. The smallest absolute Gasteiger partial charge is 0.229 e. The fourth-order valence-electron chi connectivity index (χ4n) is 2.34. The molecule has 1 aromatic heterocycles. The molecule has 5 heteroatoms. The minimum Gasteiger partial charge on any atom is -0.439 e. The molecule has 0 aliphatic carbocycles. The van der Waals surface area contributed by atoms with Gasteiger partial charge in [0.25, 0.3) is 0 Å². The van der Waals surface area contributed by atoms with Gasteiger partial charge in [-0.25, -0.2) is 4.98 Å². The summed E-state index contributed by atoms with van der Waals surface area (Å²) in [5.74, 6) is 1.06. The zero-order valence-electron chi connectivity index (χ0n) is 12.2. The Morgan fingerprint density at radius 2 is 2.14 bits per heavy atom. The number of aromatic nitrogens is 1. The monoisotopic (exact) mass is 298 g/mol. The predicted octanol–water partition coefficient (Wildman–Crippen LogP) is 3.24. The summed E-state index contributed by atoms with van der Waals surface area (Å²) in [4.78, 5) is 16.3. The van der Waals surface area contributed by atoms with E-state index in [0.717, 1.165) is 19.4 Å². The Hall–Kier alpha value is -2.40. The summed E-state index contributed by atoms with van der Waals surface area (Å²) < 4.78 is 11.0. The molecule has 3 rings (SSSR count). The van der Waals surface area contributed by atoms with Crippen LogP contribution in [-0.4, -0.2) is 24.1 Å². The van der Waals surface area contributed by atoms with Crippen molar-refractivity contribution >= 4 is 11.6 Å². The average molecular weight is 298 g/mol. The van der Waals surface area contributed by atoms with Crippen molar-refractivity contribution in [1.82, 2.24) is 4.98 Å². The van der Waals surface area contributed by atoms with E-state index < -0.39 is 0 Å². The van der Waals surface area contributed by atoms with Crippen LogP contribution in [0.15, 0.2) is 48.7 Å². The number of para-hydroxylation sites is 1.